The predicted octanol–water partition coefficient (Wildman–Crippen LogP) is 3.83. The molecule has 0 saturated heterocycles. The van der Waals surface area contributed by atoms with Crippen molar-refractivity contribution in [3.63, 3.8) is 0 Å². The Morgan fingerprint density at radius 1 is 1.17 bits per heavy atom. The maximum absolute atomic E-state index is 2.57. The van der Waals surface area contributed by atoms with E-state index in [0.717, 1.165) is 11.2 Å². The van der Waals surface area contributed by atoms with Crippen molar-refractivity contribution in [2.75, 3.05) is 20.1 Å². The monoisotopic (exact) mass is 261 g/mol. The third-order valence-corrected chi connectivity index (χ3v) is 5.58. The fourth-order valence-corrected chi connectivity index (χ4v) is 4.82. The molecule has 0 amide bonds. The Hall–Kier alpha value is -0.470. The molecule has 1 aliphatic heterocycles. The maximum atomic E-state index is 2.57. The molecule has 1 heterocycles. The van der Waals surface area contributed by atoms with Crippen molar-refractivity contribution < 1.29 is 0 Å². The van der Waals surface area contributed by atoms with Gasteiger partial charge in [-0.2, -0.15) is 0 Å². The van der Waals surface area contributed by atoms with Crippen molar-refractivity contribution in [2.24, 2.45) is 5.92 Å². The first-order valence-corrected chi connectivity index (χ1v) is 8.12. The molecule has 18 heavy (non-hydrogen) atoms. The van der Waals surface area contributed by atoms with Crippen molar-refractivity contribution in [3.8, 4) is 0 Å². The van der Waals surface area contributed by atoms with Gasteiger partial charge in [0.2, 0.25) is 0 Å². The normalized spacial score (nSPS) is 23.8. The van der Waals surface area contributed by atoms with Crippen LogP contribution >= 0.6 is 11.8 Å². The molecule has 1 aromatic rings. The highest BCUT2D eigenvalue weighted by atomic mass is 32.2. The van der Waals surface area contributed by atoms with Crippen LogP contribution in [0.1, 0.15) is 31.2 Å². The van der Waals surface area contributed by atoms with Crippen molar-refractivity contribution >= 4 is 11.8 Å². The van der Waals surface area contributed by atoms with E-state index in [0.29, 0.717) is 0 Å². The maximum Gasteiger partial charge on any atom is 0.0263 e. The summed E-state index contributed by atoms with van der Waals surface area (Å²) >= 11 is 2.08. The summed E-state index contributed by atoms with van der Waals surface area (Å²) < 4.78 is 0. The van der Waals surface area contributed by atoms with Gasteiger partial charge in [-0.25, -0.2) is 0 Å². The second-order valence-electron chi connectivity index (χ2n) is 5.92. The standard InChI is InChI=1S/C16H23NS/c1-17(11-13-6-2-3-7-13)12-15-10-14-8-4-5-9-16(14)18-15/h4-5,8-9,13,15H,2-3,6-7,10-12H2,1H3. The lowest BCUT2D eigenvalue weighted by atomic mass is 10.1. The van der Waals surface area contributed by atoms with Crippen LogP contribution in [0.4, 0.5) is 0 Å². The van der Waals surface area contributed by atoms with Gasteiger partial charge in [0.25, 0.3) is 0 Å². The van der Waals surface area contributed by atoms with Crippen LogP contribution in [0.25, 0.3) is 0 Å². The van der Waals surface area contributed by atoms with Gasteiger partial charge in [-0.1, -0.05) is 31.0 Å². The molecule has 1 aromatic carbocycles. The van der Waals surface area contributed by atoms with E-state index >= 15 is 0 Å². The Kier molecular flexibility index (Phi) is 3.95. The fourth-order valence-electron chi connectivity index (χ4n) is 3.41. The molecule has 1 unspecified atom stereocenters. The Bertz CT molecular complexity index is 373. The first kappa shape index (κ1) is 12.6. The van der Waals surface area contributed by atoms with Crippen LogP contribution in [0.15, 0.2) is 29.2 Å². The van der Waals surface area contributed by atoms with Gasteiger partial charge in [0, 0.05) is 23.2 Å². The molecule has 1 fully saturated rings. The van der Waals surface area contributed by atoms with Crippen LogP contribution in [0.2, 0.25) is 0 Å². The molecule has 98 valence electrons. The van der Waals surface area contributed by atoms with E-state index in [-0.39, 0.29) is 0 Å². The molecule has 0 N–H and O–H groups in total. The third-order valence-electron chi connectivity index (χ3n) is 4.27. The molecule has 1 atom stereocenters. The zero-order valence-electron chi connectivity index (χ0n) is 11.3. The van der Waals surface area contributed by atoms with Gasteiger partial charge in [-0.3, -0.25) is 0 Å². The number of nitrogens with zero attached hydrogens (tertiary/aromatic N) is 1. The third kappa shape index (κ3) is 2.92. The summed E-state index contributed by atoms with van der Waals surface area (Å²) in [6, 6.07) is 8.90. The number of rotatable bonds is 4. The van der Waals surface area contributed by atoms with Crippen molar-refractivity contribution in [1.82, 2.24) is 4.90 Å². The number of benzene rings is 1. The summed E-state index contributed by atoms with van der Waals surface area (Å²) in [7, 11) is 2.31. The fraction of sp³-hybridized carbons (Fsp3) is 0.625. The lowest BCUT2D eigenvalue weighted by molar-refractivity contribution is 0.279. The molecule has 0 radical (unpaired) electrons. The highest BCUT2D eigenvalue weighted by molar-refractivity contribution is 8.00. The highest BCUT2D eigenvalue weighted by Gasteiger charge is 2.24. The summed E-state index contributed by atoms with van der Waals surface area (Å²) in [6.07, 6.45) is 7.10. The average molecular weight is 261 g/mol. The lowest BCUT2D eigenvalue weighted by Gasteiger charge is -2.23. The first-order chi connectivity index (χ1) is 8.81. The second kappa shape index (κ2) is 5.66. The molecule has 2 aliphatic rings. The minimum Gasteiger partial charge on any atom is -0.305 e. The molecule has 1 aliphatic carbocycles. The Labute approximate surface area is 115 Å². The van der Waals surface area contributed by atoms with Crippen LogP contribution < -0.4 is 0 Å². The molecule has 1 saturated carbocycles. The Balaban J connectivity index is 1.49. The average Bonchev–Trinajstić information content (AvgIpc) is 2.96. The molecule has 0 aromatic heterocycles. The van der Waals surface area contributed by atoms with Crippen molar-refractivity contribution in [3.05, 3.63) is 29.8 Å². The topological polar surface area (TPSA) is 3.24 Å². The molecular weight excluding hydrogens is 238 g/mol. The van der Waals surface area contributed by atoms with Gasteiger partial charge in [0.05, 0.1) is 0 Å². The van der Waals surface area contributed by atoms with Gasteiger partial charge in [0.15, 0.2) is 0 Å². The Morgan fingerprint density at radius 3 is 2.72 bits per heavy atom. The van der Waals surface area contributed by atoms with E-state index in [1.807, 2.05) is 0 Å². The molecule has 1 nitrogen and oxygen atoms in total. The van der Waals surface area contributed by atoms with Crippen LogP contribution in [0.5, 0.6) is 0 Å². The zero-order valence-corrected chi connectivity index (χ0v) is 12.1. The summed E-state index contributed by atoms with van der Waals surface area (Å²) in [5.74, 6) is 0.976. The van der Waals surface area contributed by atoms with Gasteiger partial charge in [0.1, 0.15) is 0 Å². The number of fused-ring (bicyclic) bond motifs is 1. The highest BCUT2D eigenvalue weighted by Crippen LogP contribution is 2.37. The minimum atomic E-state index is 0.772. The number of hydrogen-bond donors (Lipinski definition) is 0. The second-order valence-corrected chi connectivity index (χ2v) is 7.27. The van der Waals surface area contributed by atoms with Crippen LogP contribution in [0, 0.1) is 5.92 Å². The van der Waals surface area contributed by atoms with E-state index in [1.165, 1.54) is 50.1 Å². The molecule has 3 rings (SSSR count). The van der Waals surface area contributed by atoms with Crippen LogP contribution in [-0.2, 0) is 6.42 Å². The zero-order chi connectivity index (χ0) is 12.4. The molecule has 0 bridgehead atoms. The van der Waals surface area contributed by atoms with Crippen molar-refractivity contribution in [1.29, 1.82) is 0 Å². The Morgan fingerprint density at radius 2 is 1.94 bits per heavy atom. The molecular formula is C16H23NS. The van der Waals surface area contributed by atoms with Crippen LogP contribution in [0.3, 0.4) is 0 Å². The van der Waals surface area contributed by atoms with Gasteiger partial charge in [-0.15, -0.1) is 11.8 Å². The van der Waals surface area contributed by atoms with E-state index < -0.39 is 0 Å². The first-order valence-electron chi connectivity index (χ1n) is 7.24. The lowest BCUT2D eigenvalue weighted by Crippen LogP contribution is -2.31. The quantitative estimate of drug-likeness (QED) is 0.810. The summed E-state index contributed by atoms with van der Waals surface area (Å²) in [5, 5.41) is 0.772. The van der Waals surface area contributed by atoms with E-state index in [2.05, 4.69) is 48.0 Å². The van der Waals surface area contributed by atoms with Gasteiger partial charge >= 0.3 is 0 Å². The number of hydrogen-bond acceptors (Lipinski definition) is 2. The number of thioether (sulfide) groups is 1. The largest absolute Gasteiger partial charge is 0.305 e. The molecule has 0 spiro atoms. The van der Waals surface area contributed by atoms with E-state index in [9.17, 15) is 0 Å². The van der Waals surface area contributed by atoms with Gasteiger partial charge < -0.3 is 4.90 Å². The SMILES string of the molecule is CN(CC1CCCC1)CC1Cc2ccccc2S1. The van der Waals surface area contributed by atoms with E-state index in [1.54, 1.807) is 5.56 Å². The predicted molar refractivity (Wildman–Crippen MR) is 79.2 cm³/mol. The van der Waals surface area contributed by atoms with Crippen LogP contribution in [-0.4, -0.2) is 30.3 Å². The summed E-state index contributed by atoms with van der Waals surface area (Å²) in [5.41, 5.74) is 1.56. The smallest absolute Gasteiger partial charge is 0.0263 e. The molecule has 2 heteroatoms. The van der Waals surface area contributed by atoms with E-state index in [4.69, 9.17) is 0 Å². The summed E-state index contributed by atoms with van der Waals surface area (Å²) in [4.78, 5) is 4.08. The summed E-state index contributed by atoms with van der Waals surface area (Å²) in [6.45, 7) is 2.56. The minimum absolute atomic E-state index is 0.772. The van der Waals surface area contributed by atoms with Gasteiger partial charge in [-0.05, 0) is 43.9 Å². The van der Waals surface area contributed by atoms with Crippen molar-refractivity contribution in [2.45, 2.75) is 42.2 Å².